The van der Waals surface area contributed by atoms with Crippen LogP contribution in [0, 0.1) is 0 Å². The normalized spacial score (nSPS) is 15.9. The van der Waals surface area contributed by atoms with Gasteiger partial charge in [-0.05, 0) is 0 Å². The van der Waals surface area contributed by atoms with E-state index < -0.39 is 33.4 Å². The van der Waals surface area contributed by atoms with Crippen molar-refractivity contribution in [2.45, 2.75) is 23.3 Å². The molecule has 0 aliphatic heterocycles. The molecule has 18 heavy (non-hydrogen) atoms. The number of halogens is 9. The number of hydrogen-bond acceptors (Lipinski definition) is 3. The molecule has 0 aliphatic rings. The molecule has 0 radical (unpaired) electrons. The van der Waals surface area contributed by atoms with Gasteiger partial charge in [0.25, 0.3) is 0 Å². The van der Waals surface area contributed by atoms with Crippen molar-refractivity contribution in [3.05, 3.63) is 0 Å². The van der Waals surface area contributed by atoms with E-state index in [0.717, 1.165) is 0 Å². The molecule has 0 saturated carbocycles. The molecule has 0 heterocycles. The molecule has 0 fully saturated rings. The molecule has 0 spiro atoms. The predicted octanol–water partition coefficient (Wildman–Crippen LogP) is 2.22. The first-order valence-electron chi connectivity index (χ1n) is 3.29. The van der Waals surface area contributed by atoms with Gasteiger partial charge in [-0.3, -0.25) is 0 Å². The molecule has 0 atom stereocenters. The van der Waals surface area contributed by atoms with Crippen molar-refractivity contribution in [1.82, 2.24) is 0 Å². The molecule has 0 amide bonds. The third-order valence-electron chi connectivity index (χ3n) is 1.50. The summed E-state index contributed by atoms with van der Waals surface area (Å²) in [5.41, 5.74) is 0. The van der Waals surface area contributed by atoms with Crippen LogP contribution >= 0.6 is 0 Å². The summed E-state index contributed by atoms with van der Waals surface area (Å²) >= 11 is -0.106. The Morgan fingerprint density at radius 2 is 1.11 bits per heavy atom. The van der Waals surface area contributed by atoms with Crippen LogP contribution in [0.15, 0.2) is 0 Å². The number of alkyl halides is 9. The molecular formula is C4F9IrO3S. The van der Waals surface area contributed by atoms with Crippen LogP contribution in [0.4, 0.5) is 39.5 Å². The number of hydrogen-bond donors (Lipinski definition) is 0. The molecule has 0 aliphatic carbocycles. The summed E-state index contributed by atoms with van der Waals surface area (Å²) in [4.78, 5) is 0. The van der Waals surface area contributed by atoms with Crippen LogP contribution in [0.25, 0.3) is 0 Å². The predicted molar refractivity (Wildman–Crippen MR) is 30.9 cm³/mol. The van der Waals surface area contributed by atoms with Crippen LogP contribution in [-0.4, -0.2) is 31.7 Å². The topological polar surface area (TPSA) is 43.4 Å². The monoisotopic (exact) mass is 492 g/mol. The SMILES string of the molecule is O=S(=O)([O][Ir])C(F)(F)C(F)(F)C(F)(F)C(F)(F)F. The molecular weight excluding hydrogens is 491 g/mol. The molecule has 112 valence electrons. The Balaban J connectivity index is 5.96. The Labute approximate surface area is 104 Å². The average Bonchev–Trinajstić information content (AvgIpc) is 2.15. The summed E-state index contributed by atoms with van der Waals surface area (Å²) in [6.07, 6.45) is -7.08. The molecule has 0 aromatic heterocycles. The fourth-order valence-electron chi connectivity index (χ4n) is 0.553. The van der Waals surface area contributed by atoms with E-state index in [2.05, 4.69) is 2.94 Å². The Morgan fingerprint density at radius 3 is 1.33 bits per heavy atom. The van der Waals surface area contributed by atoms with E-state index in [1.807, 2.05) is 0 Å². The van der Waals surface area contributed by atoms with Crippen molar-refractivity contribution in [1.29, 1.82) is 0 Å². The van der Waals surface area contributed by atoms with Gasteiger partial charge in [0.15, 0.2) is 0 Å². The van der Waals surface area contributed by atoms with E-state index in [1.165, 1.54) is 0 Å². The quantitative estimate of drug-likeness (QED) is 0.567. The fourth-order valence-corrected chi connectivity index (χ4v) is 1.82. The van der Waals surface area contributed by atoms with E-state index in [4.69, 9.17) is 0 Å². The molecule has 0 rings (SSSR count). The maximum atomic E-state index is 12.6. The second kappa shape index (κ2) is 4.49. The zero-order chi connectivity index (χ0) is 15.2. The average molecular weight is 491 g/mol. The van der Waals surface area contributed by atoms with Crippen LogP contribution < -0.4 is 0 Å². The van der Waals surface area contributed by atoms with Crippen LogP contribution in [0.5, 0.6) is 0 Å². The Morgan fingerprint density at radius 1 is 0.778 bits per heavy atom. The van der Waals surface area contributed by atoms with E-state index >= 15 is 0 Å². The van der Waals surface area contributed by atoms with Crippen molar-refractivity contribution < 1.29 is 70.1 Å². The summed E-state index contributed by atoms with van der Waals surface area (Å²) in [6.45, 7) is 0. The number of rotatable bonds is 4. The minimum atomic E-state index is -7.27. The van der Waals surface area contributed by atoms with Gasteiger partial charge in [0.1, 0.15) is 0 Å². The van der Waals surface area contributed by atoms with Crippen molar-refractivity contribution in [3.8, 4) is 0 Å². The van der Waals surface area contributed by atoms with Crippen molar-refractivity contribution in [2.75, 3.05) is 0 Å². The van der Waals surface area contributed by atoms with Gasteiger partial charge < -0.3 is 0 Å². The van der Waals surface area contributed by atoms with E-state index in [1.54, 1.807) is 0 Å². The molecule has 0 N–H and O–H groups in total. The van der Waals surface area contributed by atoms with E-state index in [9.17, 15) is 47.9 Å². The Hall–Kier alpha value is -0.0706. The van der Waals surface area contributed by atoms with Gasteiger partial charge in [-0.2, -0.15) is 0 Å². The molecule has 0 aromatic carbocycles. The van der Waals surface area contributed by atoms with Gasteiger partial charge in [0, 0.05) is 0 Å². The first-order chi connectivity index (χ1) is 7.56. The van der Waals surface area contributed by atoms with Gasteiger partial charge >= 0.3 is 104 Å². The maximum absolute atomic E-state index is 12.6. The molecule has 0 bridgehead atoms. The zero-order valence-corrected chi connectivity index (χ0v) is 10.6. The summed E-state index contributed by atoms with van der Waals surface area (Å²) < 4.78 is 133. The zero-order valence-electron chi connectivity index (χ0n) is 7.37. The molecule has 0 unspecified atom stereocenters. The first-order valence-corrected chi connectivity index (χ1v) is 5.68. The first kappa shape index (κ1) is 17.9. The van der Waals surface area contributed by atoms with Crippen LogP contribution in [0.2, 0.25) is 0 Å². The van der Waals surface area contributed by atoms with E-state index in [0.29, 0.717) is 0 Å². The van der Waals surface area contributed by atoms with Crippen LogP contribution in [-0.2, 0) is 32.3 Å². The molecule has 14 heteroatoms. The fraction of sp³-hybridized carbons (Fsp3) is 1.00. The molecule has 3 nitrogen and oxygen atoms in total. The van der Waals surface area contributed by atoms with Gasteiger partial charge in [-0.15, -0.1) is 0 Å². The van der Waals surface area contributed by atoms with Crippen LogP contribution in [0.3, 0.4) is 0 Å². The summed E-state index contributed by atoms with van der Waals surface area (Å²) in [5.74, 6) is -14.5. The molecule has 0 saturated heterocycles. The Kier molecular flexibility index (Phi) is 4.47. The van der Waals surface area contributed by atoms with Gasteiger partial charge in [-0.1, -0.05) is 0 Å². The third kappa shape index (κ3) is 2.34. The summed E-state index contributed by atoms with van der Waals surface area (Å²) in [5, 5.41) is -6.77. The van der Waals surface area contributed by atoms with E-state index in [-0.39, 0.29) is 19.3 Å². The standard InChI is InChI=1S/C4HF9O3S.Ir/c5-1(6,3(9,10)11)2(7,8)4(12,13)17(14,15)16;/h(H,14,15,16);/q;+1/p-1. The van der Waals surface area contributed by atoms with Crippen molar-refractivity contribution >= 4 is 10.1 Å². The van der Waals surface area contributed by atoms with Crippen molar-refractivity contribution in [3.63, 3.8) is 0 Å². The van der Waals surface area contributed by atoms with Crippen LogP contribution in [0.1, 0.15) is 0 Å². The van der Waals surface area contributed by atoms with Crippen molar-refractivity contribution in [2.24, 2.45) is 0 Å². The summed E-state index contributed by atoms with van der Waals surface area (Å²) in [6, 6.07) is 0. The minimum absolute atomic E-state index is 0.106. The third-order valence-corrected chi connectivity index (χ3v) is 4.11. The summed E-state index contributed by atoms with van der Waals surface area (Å²) in [7, 11) is -6.66. The van der Waals surface area contributed by atoms with Gasteiger partial charge in [0.2, 0.25) is 0 Å². The Bertz CT molecular complexity index is 412. The van der Waals surface area contributed by atoms with Gasteiger partial charge in [-0.25, -0.2) is 0 Å². The second-order valence-electron chi connectivity index (χ2n) is 2.67. The van der Waals surface area contributed by atoms with Gasteiger partial charge in [0.05, 0.1) is 0 Å². The second-order valence-corrected chi connectivity index (χ2v) is 5.40. The molecule has 0 aromatic rings.